The van der Waals surface area contributed by atoms with Crippen LogP contribution < -0.4 is 16.6 Å². The molecule has 1 aliphatic heterocycles. The Morgan fingerprint density at radius 2 is 2.04 bits per heavy atom. The molecule has 2 rings (SSSR count). The van der Waals surface area contributed by atoms with Gasteiger partial charge in [-0.15, -0.1) is 0 Å². The van der Waals surface area contributed by atoms with E-state index in [1.165, 1.54) is 10.8 Å². The van der Waals surface area contributed by atoms with E-state index in [-0.39, 0.29) is 25.2 Å². The first-order valence-electron chi connectivity index (χ1n) is 8.70. The molecule has 1 aromatic rings. The van der Waals surface area contributed by atoms with Crippen LogP contribution in [0.5, 0.6) is 0 Å². The van der Waals surface area contributed by atoms with Crippen molar-refractivity contribution in [1.29, 1.82) is 0 Å². The molecule has 1 aromatic heterocycles. The highest BCUT2D eigenvalue weighted by Gasteiger charge is 2.35. The summed E-state index contributed by atoms with van der Waals surface area (Å²) in [6, 6.07) is -0.590. The molecule has 0 radical (unpaired) electrons. The van der Waals surface area contributed by atoms with Crippen molar-refractivity contribution < 1.29 is 19.4 Å². The zero-order valence-electron chi connectivity index (χ0n) is 15.9. The molecule has 2 atom stereocenters. The first-order chi connectivity index (χ1) is 12.4. The summed E-state index contributed by atoms with van der Waals surface area (Å²) in [5.41, 5.74) is -1.25. The number of aromatic nitrogens is 2. The van der Waals surface area contributed by atoms with Gasteiger partial charge in [0.05, 0.1) is 6.54 Å². The van der Waals surface area contributed by atoms with Gasteiger partial charge in [-0.3, -0.25) is 24.0 Å². The summed E-state index contributed by atoms with van der Waals surface area (Å²) in [5.74, 6) is -0.997. The molecular weight excluding hydrogens is 356 g/mol. The van der Waals surface area contributed by atoms with Crippen molar-refractivity contribution in [1.82, 2.24) is 19.8 Å². The molecule has 10 heteroatoms. The van der Waals surface area contributed by atoms with Gasteiger partial charge in [0.1, 0.15) is 5.60 Å². The summed E-state index contributed by atoms with van der Waals surface area (Å²) in [7, 11) is 0. The Hall–Kier alpha value is -2.62. The lowest BCUT2D eigenvalue weighted by Crippen LogP contribution is -2.42. The van der Waals surface area contributed by atoms with Crippen LogP contribution in [-0.4, -0.2) is 62.4 Å². The van der Waals surface area contributed by atoms with Crippen molar-refractivity contribution in [3.05, 3.63) is 32.6 Å². The minimum atomic E-state index is -0.997. The monoisotopic (exact) mass is 382 g/mol. The summed E-state index contributed by atoms with van der Waals surface area (Å²) in [5, 5.41) is 11.9. The number of carbonyl (C=O) groups is 2. The molecule has 0 saturated carbocycles. The van der Waals surface area contributed by atoms with Gasteiger partial charge >= 0.3 is 17.8 Å². The zero-order valence-corrected chi connectivity index (χ0v) is 15.9. The van der Waals surface area contributed by atoms with E-state index >= 15 is 0 Å². The van der Waals surface area contributed by atoms with E-state index in [4.69, 9.17) is 9.84 Å². The summed E-state index contributed by atoms with van der Waals surface area (Å²) in [4.78, 5) is 50.6. The van der Waals surface area contributed by atoms with E-state index < -0.39 is 28.9 Å². The quantitative estimate of drug-likeness (QED) is 0.647. The summed E-state index contributed by atoms with van der Waals surface area (Å²) in [6.07, 6.45) is 1.34. The number of aliphatic carboxylic acids is 1. The third-order valence-electron chi connectivity index (χ3n) is 4.18. The highest BCUT2D eigenvalue weighted by molar-refractivity contribution is 5.69. The third-order valence-corrected chi connectivity index (χ3v) is 4.18. The molecule has 0 aromatic carbocycles. The van der Waals surface area contributed by atoms with Crippen molar-refractivity contribution in [3.63, 3.8) is 0 Å². The van der Waals surface area contributed by atoms with Crippen molar-refractivity contribution in [2.75, 3.05) is 13.1 Å². The van der Waals surface area contributed by atoms with Gasteiger partial charge in [-0.25, -0.2) is 9.59 Å². The van der Waals surface area contributed by atoms with Crippen molar-refractivity contribution in [2.24, 2.45) is 0 Å². The minimum Gasteiger partial charge on any atom is -0.480 e. The molecule has 1 saturated heterocycles. The molecular formula is C17H26N4O6. The Bertz CT molecular complexity index is 822. The number of carboxylic acids is 1. The van der Waals surface area contributed by atoms with Gasteiger partial charge in [-0.1, -0.05) is 0 Å². The van der Waals surface area contributed by atoms with Crippen LogP contribution in [0.15, 0.2) is 15.8 Å². The fourth-order valence-electron chi connectivity index (χ4n) is 3.10. The maximum absolute atomic E-state index is 12.0. The molecule has 1 fully saturated rings. The molecule has 0 unspecified atom stereocenters. The van der Waals surface area contributed by atoms with E-state index in [1.54, 1.807) is 32.6 Å². The average Bonchev–Trinajstić information content (AvgIpc) is 2.83. The maximum atomic E-state index is 12.0. The van der Waals surface area contributed by atoms with E-state index in [2.05, 4.69) is 10.3 Å². The number of H-pyrrole nitrogens is 1. The zero-order chi connectivity index (χ0) is 20.4. The second-order valence-corrected chi connectivity index (χ2v) is 7.78. The van der Waals surface area contributed by atoms with E-state index in [9.17, 15) is 19.2 Å². The number of aryl methyl sites for hydroxylation is 1. The van der Waals surface area contributed by atoms with Crippen LogP contribution in [0.2, 0.25) is 0 Å². The molecule has 0 spiro atoms. The summed E-state index contributed by atoms with van der Waals surface area (Å²) in [6.45, 7) is 7.17. The number of hydrogen-bond acceptors (Lipinski definition) is 6. The van der Waals surface area contributed by atoms with Crippen LogP contribution in [0.3, 0.4) is 0 Å². The predicted molar refractivity (Wildman–Crippen MR) is 96.8 cm³/mol. The molecule has 2 heterocycles. The Morgan fingerprint density at radius 3 is 2.63 bits per heavy atom. The van der Waals surface area contributed by atoms with E-state index in [0.29, 0.717) is 18.5 Å². The number of amides is 1. The van der Waals surface area contributed by atoms with Gasteiger partial charge in [0.2, 0.25) is 0 Å². The number of aromatic amines is 1. The average molecular weight is 382 g/mol. The third kappa shape index (κ3) is 5.95. The molecule has 1 aliphatic rings. The number of carbonyl (C=O) groups excluding carboxylic acids is 1. The lowest BCUT2D eigenvalue weighted by atomic mass is 10.1. The SMILES string of the molecule is Cc1cn(C[C@H]2C[C@H](NC(=O)OC(C)(C)C)CN2CC(=O)O)c(=O)[nH]c1=O. The Labute approximate surface area is 156 Å². The molecule has 1 amide bonds. The first-order valence-corrected chi connectivity index (χ1v) is 8.70. The van der Waals surface area contributed by atoms with Crippen LogP contribution in [0, 0.1) is 6.92 Å². The number of likely N-dealkylation sites (tertiary alicyclic amines) is 1. The van der Waals surface area contributed by atoms with Crippen LogP contribution in [-0.2, 0) is 16.1 Å². The second kappa shape index (κ2) is 7.95. The lowest BCUT2D eigenvalue weighted by Gasteiger charge is -2.22. The van der Waals surface area contributed by atoms with Crippen LogP contribution in [0.4, 0.5) is 4.79 Å². The number of nitrogens with zero attached hydrogens (tertiary/aromatic N) is 2. The Morgan fingerprint density at radius 1 is 1.37 bits per heavy atom. The van der Waals surface area contributed by atoms with Crippen LogP contribution >= 0.6 is 0 Å². The number of carboxylic acid groups (broad SMARTS) is 1. The van der Waals surface area contributed by atoms with Crippen molar-refractivity contribution in [2.45, 2.75) is 58.3 Å². The molecule has 27 heavy (non-hydrogen) atoms. The fourth-order valence-corrected chi connectivity index (χ4v) is 3.10. The van der Waals surface area contributed by atoms with Gasteiger partial charge in [0.15, 0.2) is 0 Å². The normalized spacial score (nSPS) is 20.4. The van der Waals surface area contributed by atoms with Gasteiger partial charge in [-0.2, -0.15) is 0 Å². The van der Waals surface area contributed by atoms with E-state index in [0.717, 1.165) is 0 Å². The largest absolute Gasteiger partial charge is 0.480 e. The maximum Gasteiger partial charge on any atom is 0.407 e. The van der Waals surface area contributed by atoms with Crippen molar-refractivity contribution in [3.8, 4) is 0 Å². The first kappa shape index (κ1) is 20.7. The standard InChI is InChI=1S/C17H26N4O6/c1-10-6-21(15(25)19-14(10)24)8-12-5-11(7-20(12)9-13(22)23)18-16(26)27-17(2,3)4/h6,11-12H,5,7-9H2,1-4H3,(H,18,26)(H,22,23)(H,19,24,25)/t11-,12+/m0/s1. The van der Waals surface area contributed by atoms with Gasteiger partial charge < -0.3 is 15.2 Å². The lowest BCUT2D eigenvalue weighted by molar-refractivity contribution is -0.138. The molecule has 10 nitrogen and oxygen atoms in total. The van der Waals surface area contributed by atoms with Gasteiger partial charge in [0, 0.05) is 36.9 Å². The predicted octanol–water partition coefficient (Wildman–Crippen LogP) is -0.103. The number of nitrogens with one attached hydrogen (secondary N) is 2. The second-order valence-electron chi connectivity index (χ2n) is 7.78. The van der Waals surface area contributed by atoms with Crippen molar-refractivity contribution >= 4 is 12.1 Å². The minimum absolute atomic E-state index is 0.205. The molecule has 3 N–H and O–H groups in total. The topological polar surface area (TPSA) is 134 Å². The molecule has 150 valence electrons. The smallest absolute Gasteiger partial charge is 0.407 e. The number of alkyl carbamates (subject to hydrolysis) is 1. The number of hydrogen-bond donors (Lipinski definition) is 3. The highest BCUT2D eigenvalue weighted by atomic mass is 16.6. The Kier molecular flexibility index (Phi) is 6.09. The van der Waals surface area contributed by atoms with Crippen LogP contribution in [0.1, 0.15) is 32.8 Å². The number of ether oxygens (including phenoxy) is 1. The molecule has 0 bridgehead atoms. The summed E-state index contributed by atoms with van der Waals surface area (Å²) < 4.78 is 6.59. The summed E-state index contributed by atoms with van der Waals surface area (Å²) >= 11 is 0. The van der Waals surface area contributed by atoms with Gasteiger partial charge in [0.25, 0.3) is 5.56 Å². The highest BCUT2D eigenvalue weighted by Crippen LogP contribution is 2.19. The van der Waals surface area contributed by atoms with Crippen LogP contribution in [0.25, 0.3) is 0 Å². The Balaban J connectivity index is 2.12. The van der Waals surface area contributed by atoms with Gasteiger partial charge in [-0.05, 0) is 34.1 Å². The van der Waals surface area contributed by atoms with E-state index in [1.807, 2.05) is 0 Å². The molecule has 0 aliphatic carbocycles. The fraction of sp³-hybridized carbons (Fsp3) is 0.647. The number of rotatable bonds is 5.